The van der Waals surface area contributed by atoms with Crippen LogP contribution in [0.1, 0.15) is 40.7 Å². The number of amides is 1. The fraction of sp³-hybridized carbons (Fsp3) is 0.400. The Morgan fingerprint density at radius 2 is 1.66 bits per heavy atom. The maximum absolute atomic E-state index is 12.9. The molecule has 2 aromatic rings. The predicted molar refractivity (Wildman–Crippen MR) is 100 cm³/mol. The Balaban J connectivity index is 1.59. The lowest BCUT2D eigenvalue weighted by molar-refractivity contribution is -0.137. The summed E-state index contributed by atoms with van der Waals surface area (Å²) in [5.74, 6) is -1.72. The minimum atomic E-state index is -4.69. The number of hydrogen-bond donors (Lipinski definition) is 1. The number of sulfone groups is 1. The minimum absolute atomic E-state index is 0.459. The van der Waals surface area contributed by atoms with E-state index in [1.807, 2.05) is 0 Å². The van der Waals surface area contributed by atoms with E-state index in [1.165, 1.54) is 11.1 Å². The standard InChI is InChI=1S/C20H19F3N2O3S/c21-20(22,23)14-7-8-24-18(10-14)29(27,28)11-17(26)25-19-15-5-1-3-12(15)9-13-4-2-6-16(13)19/h7-10H,1-6,11H2,(H,25,26). The van der Waals surface area contributed by atoms with Crippen molar-refractivity contribution < 1.29 is 26.4 Å². The van der Waals surface area contributed by atoms with Crippen molar-refractivity contribution in [3.63, 3.8) is 0 Å². The summed E-state index contributed by atoms with van der Waals surface area (Å²) in [6, 6.07) is 3.33. The molecule has 0 unspecified atom stereocenters. The molecule has 0 saturated carbocycles. The van der Waals surface area contributed by atoms with Gasteiger partial charge in [0.25, 0.3) is 0 Å². The van der Waals surface area contributed by atoms with Gasteiger partial charge in [0.15, 0.2) is 5.03 Å². The van der Waals surface area contributed by atoms with E-state index in [0.717, 1.165) is 55.8 Å². The molecule has 0 spiro atoms. The molecule has 5 nitrogen and oxygen atoms in total. The highest BCUT2D eigenvalue weighted by Crippen LogP contribution is 2.38. The average Bonchev–Trinajstić information content (AvgIpc) is 3.29. The molecule has 154 valence electrons. The van der Waals surface area contributed by atoms with Crippen LogP contribution in [-0.4, -0.2) is 25.1 Å². The number of carbonyl (C=O) groups is 1. The second-order valence-electron chi connectivity index (χ2n) is 7.42. The van der Waals surface area contributed by atoms with E-state index in [2.05, 4.69) is 16.4 Å². The van der Waals surface area contributed by atoms with E-state index in [0.29, 0.717) is 17.8 Å². The summed E-state index contributed by atoms with van der Waals surface area (Å²) in [4.78, 5) is 16.1. The van der Waals surface area contributed by atoms with Crippen LogP contribution in [0.4, 0.5) is 18.9 Å². The quantitative estimate of drug-likeness (QED) is 0.815. The molecular formula is C20H19F3N2O3S. The molecule has 29 heavy (non-hydrogen) atoms. The van der Waals surface area contributed by atoms with E-state index in [4.69, 9.17) is 0 Å². The molecule has 1 aromatic heterocycles. The fourth-order valence-corrected chi connectivity index (χ4v) is 5.24. The number of nitrogens with zero attached hydrogens (tertiary/aromatic N) is 1. The molecule has 0 aliphatic heterocycles. The second kappa shape index (κ2) is 7.12. The third-order valence-corrected chi connectivity index (χ3v) is 6.94. The average molecular weight is 424 g/mol. The zero-order valence-electron chi connectivity index (χ0n) is 15.5. The van der Waals surface area contributed by atoms with Crippen molar-refractivity contribution in [1.29, 1.82) is 0 Å². The first-order chi connectivity index (χ1) is 13.6. The first-order valence-corrected chi connectivity index (χ1v) is 11.0. The molecule has 0 saturated heterocycles. The van der Waals surface area contributed by atoms with Crippen LogP contribution < -0.4 is 5.32 Å². The van der Waals surface area contributed by atoms with Crippen LogP contribution >= 0.6 is 0 Å². The molecule has 0 atom stereocenters. The van der Waals surface area contributed by atoms with Crippen molar-refractivity contribution in [1.82, 2.24) is 4.98 Å². The van der Waals surface area contributed by atoms with Crippen molar-refractivity contribution >= 4 is 21.4 Å². The smallest absolute Gasteiger partial charge is 0.325 e. The van der Waals surface area contributed by atoms with Crippen LogP contribution in [0.5, 0.6) is 0 Å². The summed E-state index contributed by atoms with van der Waals surface area (Å²) in [5, 5.41) is 1.99. The highest BCUT2D eigenvalue weighted by molar-refractivity contribution is 7.92. The first-order valence-electron chi connectivity index (χ1n) is 9.37. The number of alkyl halides is 3. The van der Waals surface area contributed by atoms with Crippen LogP contribution in [0, 0.1) is 0 Å². The number of carbonyl (C=O) groups excluding carboxylic acids is 1. The van der Waals surface area contributed by atoms with Gasteiger partial charge in [-0.25, -0.2) is 13.4 Å². The summed E-state index contributed by atoms with van der Waals surface area (Å²) >= 11 is 0. The lowest BCUT2D eigenvalue weighted by atomic mass is 9.98. The summed E-state index contributed by atoms with van der Waals surface area (Å²) in [6.45, 7) is 0. The van der Waals surface area contributed by atoms with Crippen LogP contribution in [0.15, 0.2) is 29.4 Å². The van der Waals surface area contributed by atoms with Crippen molar-refractivity contribution in [2.45, 2.75) is 49.7 Å². The largest absolute Gasteiger partial charge is 0.416 e. The molecule has 0 fully saturated rings. The Hall–Kier alpha value is -2.42. The normalized spacial score (nSPS) is 15.8. The zero-order valence-corrected chi connectivity index (χ0v) is 16.3. The van der Waals surface area contributed by atoms with Gasteiger partial charge in [-0.05, 0) is 72.9 Å². The number of rotatable bonds is 4. The summed E-state index contributed by atoms with van der Waals surface area (Å²) in [7, 11) is -4.31. The molecular weight excluding hydrogens is 405 g/mol. The molecule has 1 heterocycles. The van der Waals surface area contributed by atoms with Gasteiger partial charge in [-0.1, -0.05) is 6.07 Å². The van der Waals surface area contributed by atoms with Crippen molar-refractivity contribution in [2.75, 3.05) is 11.1 Å². The number of halogens is 3. The predicted octanol–water partition coefficient (Wildman–Crippen LogP) is 3.49. The van der Waals surface area contributed by atoms with E-state index in [9.17, 15) is 26.4 Å². The second-order valence-corrected chi connectivity index (χ2v) is 9.36. The van der Waals surface area contributed by atoms with Crippen LogP contribution in [-0.2, 0) is 46.5 Å². The van der Waals surface area contributed by atoms with Gasteiger partial charge in [0.2, 0.25) is 15.7 Å². The Kier molecular flexibility index (Phi) is 4.88. The maximum Gasteiger partial charge on any atom is 0.416 e. The van der Waals surface area contributed by atoms with Gasteiger partial charge in [0.05, 0.1) is 5.56 Å². The highest BCUT2D eigenvalue weighted by Gasteiger charge is 2.33. The number of fused-ring (bicyclic) bond motifs is 2. The van der Waals surface area contributed by atoms with Crippen molar-refractivity contribution in [3.8, 4) is 0 Å². The van der Waals surface area contributed by atoms with Gasteiger partial charge >= 0.3 is 6.18 Å². The Morgan fingerprint density at radius 3 is 2.24 bits per heavy atom. The van der Waals surface area contributed by atoms with Crippen molar-refractivity contribution in [2.24, 2.45) is 0 Å². The topological polar surface area (TPSA) is 76.1 Å². The Morgan fingerprint density at radius 1 is 1.03 bits per heavy atom. The number of aryl methyl sites for hydroxylation is 2. The molecule has 1 N–H and O–H groups in total. The zero-order chi connectivity index (χ0) is 20.8. The number of pyridine rings is 1. The van der Waals surface area contributed by atoms with Crippen molar-refractivity contribution in [3.05, 3.63) is 52.2 Å². The lowest BCUT2D eigenvalue weighted by Gasteiger charge is -2.16. The van der Waals surface area contributed by atoms with Crippen LogP contribution in [0.2, 0.25) is 0 Å². The highest BCUT2D eigenvalue weighted by atomic mass is 32.2. The molecule has 1 amide bonds. The molecule has 0 radical (unpaired) electrons. The summed E-state index contributed by atoms with van der Waals surface area (Å²) in [5.41, 5.74) is 4.05. The van der Waals surface area contributed by atoms with Gasteiger partial charge < -0.3 is 5.32 Å². The van der Waals surface area contributed by atoms with Gasteiger partial charge in [-0.2, -0.15) is 13.2 Å². The maximum atomic E-state index is 12.9. The fourth-order valence-electron chi connectivity index (χ4n) is 4.15. The van der Waals surface area contributed by atoms with E-state index in [1.54, 1.807) is 0 Å². The minimum Gasteiger partial charge on any atom is -0.325 e. The van der Waals surface area contributed by atoms with Crippen LogP contribution in [0.25, 0.3) is 0 Å². The number of benzene rings is 1. The third-order valence-electron chi connectivity index (χ3n) is 5.44. The summed E-state index contributed by atoms with van der Waals surface area (Å²) < 4.78 is 63.6. The number of anilines is 1. The van der Waals surface area contributed by atoms with E-state index in [-0.39, 0.29) is 0 Å². The monoisotopic (exact) mass is 424 g/mol. The lowest BCUT2D eigenvalue weighted by Crippen LogP contribution is -2.25. The molecule has 1 aromatic carbocycles. The molecule has 2 aliphatic rings. The van der Waals surface area contributed by atoms with E-state index >= 15 is 0 Å². The molecule has 2 aliphatic carbocycles. The molecule has 9 heteroatoms. The van der Waals surface area contributed by atoms with Gasteiger partial charge in [0.1, 0.15) is 5.75 Å². The van der Waals surface area contributed by atoms with Gasteiger partial charge in [0, 0.05) is 11.9 Å². The van der Waals surface area contributed by atoms with Gasteiger partial charge in [-0.3, -0.25) is 4.79 Å². The Bertz CT molecular complexity index is 1060. The Labute approximate surface area is 166 Å². The SMILES string of the molecule is O=C(CS(=O)(=O)c1cc(C(F)(F)F)ccn1)Nc1c2c(cc3c1CCC3)CCC2. The first kappa shape index (κ1) is 19.9. The number of nitrogens with one attached hydrogen (secondary N) is 1. The number of aromatic nitrogens is 1. The molecule has 4 rings (SSSR count). The van der Waals surface area contributed by atoms with E-state index < -0.39 is 38.3 Å². The molecule has 0 bridgehead atoms. The third kappa shape index (κ3) is 3.88. The number of hydrogen-bond acceptors (Lipinski definition) is 4. The van der Waals surface area contributed by atoms with Gasteiger partial charge in [-0.15, -0.1) is 0 Å². The summed E-state index contributed by atoms with van der Waals surface area (Å²) in [6.07, 6.45) is 1.54. The van der Waals surface area contributed by atoms with Crippen LogP contribution in [0.3, 0.4) is 0 Å².